The van der Waals surface area contributed by atoms with Crippen LogP contribution in [0.1, 0.15) is 0 Å². The molecule has 0 aromatic heterocycles. The Hall–Kier alpha value is -0.800. The molecule has 0 amide bonds. The number of thioether (sulfide) groups is 1. The number of nitrogens with zero attached hydrogens (tertiary/aromatic N) is 1. The number of para-hydroxylation sites is 1. The number of benzene rings is 1. The van der Waals surface area contributed by atoms with Crippen molar-refractivity contribution in [1.82, 2.24) is 5.43 Å². The number of fused-ring (bicyclic) bond motifs is 1. The predicted molar refractivity (Wildman–Crippen MR) is 61.6 cm³/mol. The Morgan fingerprint density at radius 1 is 1.56 bits per heavy atom. The van der Waals surface area contributed by atoms with Gasteiger partial charge in [-0.2, -0.15) is 8.42 Å². The molecule has 6 nitrogen and oxygen atoms in total. The minimum atomic E-state index is -4.22. The summed E-state index contributed by atoms with van der Waals surface area (Å²) in [6.07, 6.45) is 0. The molecule has 0 spiro atoms. The van der Waals surface area contributed by atoms with E-state index in [2.05, 4.69) is 5.43 Å². The van der Waals surface area contributed by atoms with Gasteiger partial charge < -0.3 is 4.90 Å². The van der Waals surface area contributed by atoms with Crippen LogP contribution in [0.3, 0.4) is 0 Å². The molecule has 1 aliphatic rings. The summed E-state index contributed by atoms with van der Waals surface area (Å²) in [5.41, 5.74) is 2.78. The first-order valence-electron chi connectivity index (χ1n) is 4.41. The van der Waals surface area contributed by atoms with Crippen molar-refractivity contribution in [3.05, 3.63) is 18.2 Å². The van der Waals surface area contributed by atoms with Gasteiger partial charge in [-0.25, -0.2) is 5.43 Å². The molecule has 0 fully saturated rings. The zero-order valence-corrected chi connectivity index (χ0v) is 10.0. The van der Waals surface area contributed by atoms with Crippen LogP contribution in [0.4, 0.5) is 5.69 Å². The Bertz CT molecular complexity index is 517. The third-order valence-corrected chi connectivity index (χ3v) is 4.47. The summed E-state index contributed by atoms with van der Waals surface area (Å²) in [5.74, 6) is 5.34. The van der Waals surface area contributed by atoms with E-state index in [4.69, 9.17) is 10.4 Å². The second kappa shape index (κ2) is 3.90. The van der Waals surface area contributed by atoms with E-state index in [0.717, 1.165) is 4.90 Å². The molecule has 8 heteroatoms. The topological polar surface area (TPSA) is 95.7 Å². The SMILES string of the molecule is CN1c2c(cccc2S(=O)(=O)O)SC1NN. The number of hydrogen-bond donors (Lipinski definition) is 3. The first-order valence-corrected chi connectivity index (χ1v) is 6.73. The molecule has 0 bridgehead atoms. The molecule has 0 saturated heterocycles. The Morgan fingerprint density at radius 3 is 2.81 bits per heavy atom. The standard InChI is InChI=1S/C8H11N3O3S2/c1-11-7-5(15-8(11)10-9)3-2-4-6(7)16(12,13)14/h2-4,8,10H,9H2,1H3,(H,12,13,14). The van der Waals surface area contributed by atoms with E-state index in [1.165, 1.54) is 17.8 Å². The zero-order chi connectivity index (χ0) is 11.9. The van der Waals surface area contributed by atoms with Gasteiger partial charge in [-0.05, 0) is 12.1 Å². The summed E-state index contributed by atoms with van der Waals surface area (Å²) in [6, 6.07) is 4.73. The van der Waals surface area contributed by atoms with Crippen molar-refractivity contribution in [3.8, 4) is 0 Å². The Labute approximate surface area is 97.5 Å². The lowest BCUT2D eigenvalue weighted by Crippen LogP contribution is -2.42. The highest BCUT2D eigenvalue weighted by Gasteiger charge is 2.31. The Kier molecular flexibility index (Phi) is 2.84. The van der Waals surface area contributed by atoms with Gasteiger partial charge >= 0.3 is 0 Å². The molecule has 88 valence electrons. The largest absolute Gasteiger partial charge is 0.347 e. The summed E-state index contributed by atoms with van der Waals surface area (Å²) in [5, 5.41) is 0. The second-order valence-corrected chi connectivity index (χ2v) is 5.84. The van der Waals surface area contributed by atoms with Gasteiger partial charge in [0.25, 0.3) is 10.1 Å². The molecule has 4 N–H and O–H groups in total. The van der Waals surface area contributed by atoms with E-state index in [9.17, 15) is 8.42 Å². The molecule has 1 heterocycles. The molecular weight excluding hydrogens is 250 g/mol. The molecule has 1 aromatic rings. The Morgan fingerprint density at radius 2 is 2.25 bits per heavy atom. The highest BCUT2D eigenvalue weighted by atomic mass is 32.2. The van der Waals surface area contributed by atoms with Crippen molar-refractivity contribution in [2.24, 2.45) is 5.84 Å². The van der Waals surface area contributed by atoms with E-state index >= 15 is 0 Å². The fourth-order valence-corrected chi connectivity index (χ4v) is 3.52. The van der Waals surface area contributed by atoms with Crippen molar-refractivity contribution in [3.63, 3.8) is 0 Å². The number of nitrogens with two attached hydrogens (primary N) is 1. The molecule has 16 heavy (non-hydrogen) atoms. The molecule has 0 aliphatic carbocycles. The number of nitrogens with one attached hydrogen (secondary N) is 1. The second-order valence-electron chi connectivity index (χ2n) is 3.33. The maximum absolute atomic E-state index is 11.2. The monoisotopic (exact) mass is 261 g/mol. The van der Waals surface area contributed by atoms with Gasteiger partial charge in [0, 0.05) is 11.9 Å². The highest BCUT2D eigenvalue weighted by Crippen LogP contribution is 2.44. The van der Waals surface area contributed by atoms with E-state index in [-0.39, 0.29) is 10.4 Å². The van der Waals surface area contributed by atoms with Crippen LogP contribution in [0.5, 0.6) is 0 Å². The molecule has 2 rings (SSSR count). The summed E-state index contributed by atoms with van der Waals surface area (Å²) in [6.45, 7) is 0. The Balaban J connectivity index is 2.60. The van der Waals surface area contributed by atoms with Crippen LogP contribution in [-0.4, -0.2) is 25.5 Å². The zero-order valence-electron chi connectivity index (χ0n) is 8.41. The van der Waals surface area contributed by atoms with Gasteiger partial charge in [-0.15, -0.1) is 0 Å². The number of rotatable bonds is 2. The average molecular weight is 261 g/mol. The van der Waals surface area contributed by atoms with Crippen LogP contribution < -0.4 is 16.2 Å². The van der Waals surface area contributed by atoms with Gasteiger partial charge in [0.2, 0.25) is 0 Å². The highest BCUT2D eigenvalue weighted by molar-refractivity contribution is 8.00. The van der Waals surface area contributed by atoms with Crippen LogP contribution in [0.25, 0.3) is 0 Å². The minimum absolute atomic E-state index is 0.0993. The maximum atomic E-state index is 11.2. The van der Waals surface area contributed by atoms with Crippen LogP contribution in [0.15, 0.2) is 28.0 Å². The van der Waals surface area contributed by atoms with Gasteiger partial charge in [0.1, 0.15) is 10.4 Å². The molecule has 0 radical (unpaired) electrons. The van der Waals surface area contributed by atoms with Crippen LogP contribution in [0, 0.1) is 0 Å². The number of hydrogen-bond acceptors (Lipinski definition) is 6. The fourth-order valence-electron chi connectivity index (χ4n) is 1.62. The maximum Gasteiger partial charge on any atom is 0.296 e. The first kappa shape index (κ1) is 11.7. The van der Waals surface area contributed by atoms with E-state index in [1.807, 2.05) is 0 Å². The summed E-state index contributed by atoms with van der Waals surface area (Å²) >= 11 is 1.39. The molecule has 0 saturated carbocycles. The van der Waals surface area contributed by atoms with Gasteiger partial charge in [0.15, 0.2) is 0 Å². The van der Waals surface area contributed by atoms with Gasteiger partial charge in [0.05, 0.1) is 5.69 Å². The quantitative estimate of drug-likeness (QED) is 0.398. The van der Waals surface area contributed by atoms with Crippen molar-refractivity contribution >= 4 is 27.6 Å². The van der Waals surface area contributed by atoms with E-state index < -0.39 is 10.1 Å². The predicted octanol–water partition coefficient (Wildman–Crippen LogP) is 0.222. The van der Waals surface area contributed by atoms with Crippen LogP contribution in [0.2, 0.25) is 0 Å². The van der Waals surface area contributed by atoms with Crippen molar-refractivity contribution in [2.45, 2.75) is 15.3 Å². The minimum Gasteiger partial charge on any atom is -0.347 e. The van der Waals surface area contributed by atoms with Crippen LogP contribution >= 0.6 is 11.8 Å². The molecule has 1 aromatic carbocycles. The summed E-state index contributed by atoms with van der Waals surface area (Å²) < 4.78 is 31.5. The average Bonchev–Trinajstić information content (AvgIpc) is 2.54. The molecule has 1 aliphatic heterocycles. The molecule has 1 atom stereocenters. The lowest BCUT2D eigenvalue weighted by molar-refractivity contribution is 0.483. The van der Waals surface area contributed by atoms with Crippen molar-refractivity contribution in [2.75, 3.05) is 11.9 Å². The normalized spacial score (nSPS) is 19.9. The third kappa shape index (κ3) is 1.78. The lowest BCUT2D eigenvalue weighted by atomic mass is 10.3. The summed E-state index contributed by atoms with van der Waals surface area (Å²) in [4.78, 5) is 2.33. The molecular formula is C8H11N3O3S2. The van der Waals surface area contributed by atoms with Crippen molar-refractivity contribution < 1.29 is 13.0 Å². The molecule has 1 unspecified atom stereocenters. The van der Waals surface area contributed by atoms with E-state index in [0.29, 0.717) is 5.69 Å². The number of anilines is 1. The van der Waals surface area contributed by atoms with Crippen molar-refractivity contribution in [1.29, 1.82) is 0 Å². The third-order valence-electron chi connectivity index (χ3n) is 2.33. The first-order chi connectivity index (χ1) is 7.45. The lowest BCUT2D eigenvalue weighted by Gasteiger charge is -2.21. The fraction of sp³-hybridized carbons (Fsp3) is 0.250. The number of hydrazine groups is 1. The van der Waals surface area contributed by atoms with Gasteiger partial charge in [-0.3, -0.25) is 10.4 Å². The van der Waals surface area contributed by atoms with Gasteiger partial charge in [-0.1, -0.05) is 17.8 Å². The van der Waals surface area contributed by atoms with E-state index in [1.54, 1.807) is 24.1 Å². The smallest absolute Gasteiger partial charge is 0.296 e. The summed E-state index contributed by atoms with van der Waals surface area (Å²) in [7, 11) is -2.51. The van der Waals surface area contributed by atoms with Crippen LogP contribution in [-0.2, 0) is 10.1 Å².